The molecule has 7 heteroatoms. The number of nitrogens with one attached hydrogen (secondary N) is 1. The van der Waals surface area contributed by atoms with E-state index in [1.807, 2.05) is 50.2 Å². The van der Waals surface area contributed by atoms with Crippen molar-refractivity contribution in [3.8, 4) is 11.5 Å². The van der Waals surface area contributed by atoms with Gasteiger partial charge in [-0.05, 0) is 74.6 Å². The molecule has 2 aromatic rings. The van der Waals surface area contributed by atoms with Gasteiger partial charge in [0.05, 0.1) is 7.11 Å². The summed E-state index contributed by atoms with van der Waals surface area (Å²) in [5.74, 6) is 1.01. The first kappa shape index (κ1) is 25.1. The molecule has 0 spiro atoms. The Hall–Kier alpha value is -2.54. The summed E-state index contributed by atoms with van der Waals surface area (Å²) in [5, 5.41) is 3.11. The van der Waals surface area contributed by atoms with Gasteiger partial charge in [0, 0.05) is 17.1 Å². The van der Waals surface area contributed by atoms with Crippen LogP contribution in [0.1, 0.15) is 49.3 Å². The first-order chi connectivity index (χ1) is 15.8. The van der Waals surface area contributed by atoms with E-state index in [0.29, 0.717) is 12.3 Å². The lowest BCUT2D eigenvalue weighted by atomic mass is 10.1. The second-order valence-corrected chi connectivity index (χ2v) is 9.49. The number of methoxy groups -OCH3 is 1. The fraction of sp³-hybridized carbons (Fsp3) is 0.462. The standard InChI is InChI=1S/C26H33BrN2O4/c1-17-13-23(14-18(2)25(17)27)33-16-24(30)29(15-20-9-11-22(32-4)12-10-20)19(3)26(31)28-21-7-5-6-8-21/h9-14,19,21H,5-8,15-16H2,1-4H3,(H,28,31)/t19-/m1/s1. The fourth-order valence-electron chi connectivity index (χ4n) is 4.12. The summed E-state index contributed by atoms with van der Waals surface area (Å²) in [6.45, 7) is 5.91. The fourth-order valence-corrected chi connectivity index (χ4v) is 4.35. The van der Waals surface area contributed by atoms with Crippen LogP contribution in [0.3, 0.4) is 0 Å². The highest BCUT2D eigenvalue weighted by Crippen LogP contribution is 2.26. The van der Waals surface area contributed by atoms with Gasteiger partial charge in [0.1, 0.15) is 17.5 Å². The molecule has 0 radical (unpaired) electrons. The summed E-state index contributed by atoms with van der Waals surface area (Å²) in [6, 6.07) is 10.9. The predicted molar refractivity (Wildman–Crippen MR) is 133 cm³/mol. The third-order valence-corrected chi connectivity index (χ3v) is 7.40. The van der Waals surface area contributed by atoms with Gasteiger partial charge in [-0.2, -0.15) is 0 Å². The number of amides is 2. The van der Waals surface area contributed by atoms with Gasteiger partial charge in [-0.1, -0.05) is 40.9 Å². The number of rotatable bonds is 9. The topological polar surface area (TPSA) is 67.9 Å². The van der Waals surface area contributed by atoms with Crippen molar-refractivity contribution >= 4 is 27.7 Å². The number of ether oxygens (including phenoxy) is 2. The van der Waals surface area contributed by atoms with Crippen LogP contribution in [-0.2, 0) is 16.1 Å². The van der Waals surface area contributed by atoms with Crippen LogP contribution in [0.15, 0.2) is 40.9 Å². The summed E-state index contributed by atoms with van der Waals surface area (Å²) < 4.78 is 12.1. The summed E-state index contributed by atoms with van der Waals surface area (Å²) in [5.41, 5.74) is 2.99. The molecule has 2 aromatic carbocycles. The van der Waals surface area contributed by atoms with Crippen molar-refractivity contribution in [2.45, 2.75) is 65.1 Å². The Kier molecular flexibility index (Phi) is 8.78. The summed E-state index contributed by atoms with van der Waals surface area (Å²) in [7, 11) is 1.61. The third-order valence-electron chi connectivity index (χ3n) is 6.15. The van der Waals surface area contributed by atoms with E-state index in [1.165, 1.54) is 0 Å². The monoisotopic (exact) mass is 516 g/mol. The van der Waals surface area contributed by atoms with Crippen molar-refractivity contribution in [2.24, 2.45) is 0 Å². The third kappa shape index (κ3) is 6.73. The van der Waals surface area contributed by atoms with Gasteiger partial charge in [-0.15, -0.1) is 0 Å². The van der Waals surface area contributed by atoms with Gasteiger partial charge >= 0.3 is 0 Å². The molecule has 1 aliphatic rings. The molecule has 0 saturated heterocycles. The van der Waals surface area contributed by atoms with E-state index in [1.54, 1.807) is 18.9 Å². The summed E-state index contributed by atoms with van der Waals surface area (Å²) >= 11 is 3.55. The first-order valence-electron chi connectivity index (χ1n) is 11.4. The number of hydrogen-bond donors (Lipinski definition) is 1. The van der Waals surface area contributed by atoms with E-state index in [2.05, 4.69) is 21.2 Å². The maximum absolute atomic E-state index is 13.3. The number of hydrogen-bond acceptors (Lipinski definition) is 4. The van der Waals surface area contributed by atoms with Crippen LogP contribution in [-0.4, -0.2) is 42.5 Å². The smallest absolute Gasteiger partial charge is 0.261 e. The predicted octanol–water partition coefficient (Wildman–Crippen LogP) is 4.93. The van der Waals surface area contributed by atoms with Gasteiger partial charge < -0.3 is 19.7 Å². The SMILES string of the molecule is COc1ccc(CN(C(=O)COc2cc(C)c(Br)c(C)c2)[C@H](C)C(=O)NC2CCCC2)cc1. The first-order valence-corrected chi connectivity index (χ1v) is 12.2. The molecule has 6 nitrogen and oxygen atoms in total. The average Bonchev–Trinajstić information content (AvgIpc) is 3.32. The van der Waals surface area contributed by atoms with Crippen LogP contribution < -0.4 is 14.8 Å². The van der Waals surface area contributed by atoms with E-state index < -0.39 is 6.04 Å². The van der Waals surface area contributed by atoms with Crippen molar-refractivity contribution in [2.75, 3.05) is 13.7 Å². The highest BCUT2D eigenvalue weighted by atomic mass is 79.9. The molecule has 0 bridgehead atoms. The molecule has 0 heterocycles. The maximum Gasteiger partial charge on any atom is 0.261 e. The highest BCUT2D eigenvalue weighted by molar-refractivity contribution is 9.10. The van der Waals surface area contributed by atoms with Gasteiger partial charge in [-0.25, -0.2) is 0 Å². The number of nitrogens with zero attached hydrogens (tertiary/aromatic N) is 1. The molecule has 178 valence electrons. The van der Waals surface area contributed by atoms with Gasteiger partial charge in [0.2, 0.25) is 5.91 Å². The molecule has 33 heavy (non-hydrogen) atoms. The molecule has 1 saturated carbocycles. The number of benzene rings is 2. The Morgan fingerprint density at radius 2 is 1.70 bits per heavy atom. The Morgan fingerprint density at radius 1 is 1.09 bits per heavy atom. The van der Waals surface area contributed by atoms with Crippen LogP contribution in [0.25, 0.3) is 0 Å². The minimum absolute atomic E-state index is 0.126. The maximum atomic E-state index is 13.3. The van der Waals surface area contributed by atoms with Gasteiger partial charge in [-0.3, -0.25) is 9.59 Å². The molecule has 0 unspecified atom stereocenters. The molecule has 1 aliphatic carbocycles. The summed E-state index contributed by atoms with van der Waals surface area (Å²) in [6.07, 6.45) is 4.26. The summed E-state index contributed by atoms with van der Waals surface area (Å²) in [4.78, 5) is 27.8. The molecular weight excluding hydrogens is 484 g/mol. The van der Waals surface area contributed by atoms with Gasteiger partial charge in [0.25, 0.3) is 5.91 Å². The van der Waals surface area contributed by atoms with Crippen LogP contribution in [0.2, 0.25) is 0 Å². The van der Waals surface area contributed by atoms with E-state index in [4.69, 9.17) is 9.47 Å². The second kappa shape index (κ2) is 11.5. The van der Waals surface area contributed by atoms with Crippen LogP contribution >= 0.6 is 15.9 Å². The Balaban J connectivity index is 1.73. The lowest BCUT2D eigenvalue weighted by molar-refractivity contribution is -0.142. The molecule has 2 amide bonds. The quantitative estimate of drug-likeness (QED) is 0.513. The van der Waals surface area contributed by atoms with Crippen molar-refractivity contribution in [3.63, 3.8) is 0 Å². The Bertz CT molecular complexity index is 948. The highest BCUT2D eigenvalue weighted by Gasteiger charge is 2.28. The van der Waals surface area contributed by atoms with Crippen LogP contribution in [0, 0.1) is 13.8 Å². The van der Waals surface area contributed by atoms with Crippen molar-refractivity contribution < 1.29 is 19.1 Å². The van der Waals surface area contributed by atoms with Gasteiger partial charge in [0.15, 0.2) is 6.61 Å². The van der Waals surface area contributed by atoms with Crippen LogP contribution in [0.5, 0.6) is 11.5 Å². The number of carbonyl (C=O) groups excluding carboxylic acids is 2. The zero-order valence-corrected chi connectivity index (χ0v) is 21.4. The molecule has 3 rings (SSSR count). The second-order valence-electron chi connectivity index (χ2n) is 8.70. The minimum atomic E-state index is -0.614. The lowest BCUT2D eigenvalue weighted by Gasteiger charge is -2.29. The number of halogens is 1. The van der Waals surface area contributed by atoms with Crippen molar-refractivity contribution in [1.82, 2.24) is 10.2 Å². The molecule has 0 aliphatic heterocycles. The zero-order valence-electron chi connectivity index (χ0n) is 19.8. The molecule has 1 fully saturated rings. The molecule has 1 atom stereocenters. The van der Waals surface area contributed by atoms with Crippen molar-refractivity contribution in [3.05, 3.63) is 57.6 Å². The van der Waals surface area contributed by atoms with E-state index in [0.717, 1.165) is 52.6 Å². The lowest BCUT2D eigenvalue weighted by Crippen LogP contribution is -2.50. The van der Waals surface area contributed by atoms with E-state index >= 15 is 0 Å². The number of carbonyl (C=O) groups is 2. The molecule has 0 aromatic heterocycles. The normalized spacial score (nSPS) is 14.6. The molecule has 1 N–H and O–H groups in total. The average molecular weight is 517 g/mol. The number of aryl methyl sites for hydroxylation is 2. The largest absolute Gasteiger partial charge is 0.497 e. The Labute approximate surface area is 204 Å². The molecular formula is C26H33BrN2O4. The van der Waals surface area contributed by atoms with Crippen molar-refractivity contribution in [1.29, 1.82) is 0 Å². The Morgan fingerprint density at radius 3 is 2.27 bits per heavy atom. The minimum Gasteiger partial charge on any atom is -0.497 e. The van der Waals surface area contributed by atoms with E-state index in [-0.39, 0.29) is 24.5 Å². The van der Waals surface area contributed by atoms with E-state index in [9.17, 15) is 9.59 Å². The zero-order chi connectivity index (χ0) is 24.0. The van der Waals surface area contributed by atoms with Crippen LogP contribution in [0.4, 0.5) is 0 Å².